The van der Waals surface area contributed by atoms with Crippen LogP contribution in [-0.4, -0.2) is 37.8 Å². The summed E-state index contributed by atoms with van der Waals surface area (Å²) in [4.78, 5) is 12.9. The molecule has 2 aromatic rings. The van der Waals surface area contributed by atoms with Gasteiger partial charge in [0.1, 0.15) is 5.75 Å². The lowest BCUT2D eigenvalue weighted by Gasteiger charge is -2.30. The second-order valence-electron chi connectivity index (χ2n) is 7.62. The fourth-order valence-corrected chi connectivity index (χ4v) is 5.06. The van der Waals surface area contributed by atoms with Crippen molar-refractivity contribution in [3.63, 3.8) is 0 Å². The molecule has 1 aliphatic heterocycles. The first kappa shape index (κ1) is 22.6. The largest absolute Gasteiger partial charge is 0.491 e. The van der Waals surface area contributed by atoms with Crippen LogP contribution in [0.4, 0.5) is 0 Å². The van der Waals surface area contributed by atoms with E-state index in [1.807, 2.05) is 38.1 Å². The summed E-state index contributed by atoms with van der Waals surface area (Å²) < 4.78 is 32.8. The fourth-order valence-electron chi connectivity index (χ4n) is 3.46. The number of halogens is 1. The Morgan fingerprint density at radius 2 is 1.77 bits per heavy atom. The molecule has 0 atom stereocenters. The Balaban J connectivity index is 1.55. The van der Waals surface area contributed by atoms with Crippen molar-refractivity contribution in [3.8, 4) is 5.75 Å². The fraction of sp³-hybridized carbons (Fsp3) is 0.409. The molecule has 1 N–H and O–H groups in total. The van der Waals surface area contributed by atoms with Gasteiger partial charge in [0.05, 0.1) is 11.0 Å². The maximum atomic E-state index is 12.8. The standard InChI is InChI=1S/C22H27ClN2O4S/c1-16(2)29-21-6-4-3-5-18(21)15-24-22(26)17-11-13-25(14-12-17)30(27,28)20-9-7-19(23)8-10-20/h3-10,16-17H,11-15H2,1-2H3,(H,24,26). The zero-order chi connectivity index (χ0) is 21.7. The summed E-state index contributed by atoms with van der Waals surface area (Å²) in [5.74, 6) is 0.495. The van der Waals surface area contributed by atoms with E-state index in [4.69, 9.17) is 16.3 Å². The van der Waals surface area contributed by atoms with Gasteiger partial charge in [-0.25, -0.2) is 8.42 Å². The molecule has 0 unspecified atom stereocenters. The molecule has 0 saturated carbocycles. The summed E-state index contributed by atoms with van der Waals surface area (Å²) >= 11 is 5.85. The number of piperidine rings is 1. The van der Waals surface area contributed by atoms with E-state index in [0.717, 1.165) is 11.3 Å². The molecule has 6 nitrogen and oxygen atoms in total. The van der Waals surface area contributed by atoms with Gasteiger partial charge in [-0.2, -0.15) is 4.31 Å². The molecule has 0 bridgehead atoms. The number of ether oxygens (including phenoxy) is 1. The molecule has 0 aromatic heterocycles. The number of hydrogen-bond donors (Lipinski definition) is 1. The Hall–Kier alpha value is -2.09. The first-order valence-electron chi connectivity index (χ1n) is 10.1. The predicted molar refractivity (Wildman–Crippen MR) is 117 cm³/mol. The van der Waals surface area contributed by atoms with Gasteiger partial charge < -0.3 is 10.1 Å². The van der Waals surface area contributed by atoms with E-state index < -0.39 is 10.0 Å². The maximum absolute atomic E-state index is 12.8. The quantitative estimate of drug-likeness (QED) is 0.695. The topological polar surface area (TPSA) is 75.7 Å². The molecule has 1 fully saturated rings. The van der Waals surface area contributed by atoms with E-state index in [9.17, 15) is 13.2 Å². The lowest BCUT2D eigenvalue weighted by molar-refractivity contribution is -0.126. The molecule has 1 amide bonds. The number of nitrogens with zero attached hydrogens (tertiary/aromatic N) is 1. The summed E-state index contributed by atoms with van der Waals surface area (Å²) in [5, 5.41) is 3.46. The number of benzene rings is 2. The van der Waals surface area contributed by atoms with E-state index in [2.05, 4.69) is 5.32 Å². The highest BCUT2D eigenvalue weighted by molar-refractivity contribution is 7.89. The van der Waals surface area contributed by atoms with Crippen molar-refractivity contribution >= 4 is 27.5 Å². The molecule has 0 aliphatic carbocycles. The van der Waals surface area contributed by atoms with Crippen LogP contribution in [0.3, 0.4) is 0 Å². The molecular weight excluding hydrogens is 424 g/mol. The van der Waals surface area contributed by atoms with Crippen LogP contribution >= 0.6 is 11.6 Å². The Morgan fingerprint density at radius 3 is 2.40 bits per heavy atom. The van der Waals surface area contributed by atoms with E-state index in [1.165, 1.54) is 16.4 Å². The normalized spacial score (nSPS) is 15.9. The predicted octanol–water partition coefficient (Wildman–Crippen LogP) is 3.84. The molecule has 3 rings (SSSR count). The molecule has 8 heteroatoms. The van der Waals surface area contributed by atoms with E-state index in [1.54, 1.807) is 12.1 Å². The van der Waals surface area contributed by atoms with Crippen LogP contribution in [0.2, 0.25) is 5.02 Å². The molecule has 0 spiro atoms. The third-order valence-electron chi connectivity index (χ3n) is 5.06. The van der Waals surface area contributed by atoms with E-state index >= 15 is 0 Å². The van der Waals surface area contributed by atoms with Crippen molar-refractivity contribution in [1.29, 1.82) is 0 Å². The smallest absolute Gasteiger partial charge is 0.243 e. The average molecular weight is 451 g/mol. The number of hydrogen-bond acceptors (Lipinski definition) is 4. The van der Waals surface area contributed by atoms with Crippen LogP contribution in [0, 0.1) is 5.92 Å². The minimum Gasteiger partial charge on any atom is -0.491 e. The highest BCUT2D eigenvalue weighted by atomic mass is 35.5. The molecule has 1 saturated heterocycles. The summed E-state index contributed by atoms with van der Waals surface area (Å²) in [5.41, 5.74) is 0.919. The van der Waals surface area contributed by atoms with E-state index in [-0.39, 0.29) is 22.8 Å². The van der Waals surface area contributed by atoms with Gasteiger partial charge >= 0.3 is 0 Å². The molecular formula is C22H27ClN2O4S. The molecule has 1 aliphatic rings. The van der Waals surface area contributed by atoms with Gasteiger partial charge in [0, 0.05) is 36.1 Å². The van der Waals surface area contributed by atoms with Crippen molar-refractivity contribution in [3.05, 3.63) is 59.1 Å². The Bertz CT molecular complexity index is 969. The Kier molecular flexibility index (Phi) is 7.39. The van der Waals surface area contributed by atoms with Crippen molar-refractivity contribution in [2.24, 2.45) is 5.92 Å². The molecule has 1 heterocycles. The van der Waals surface area contributed by atoms with Gasteiger partial charge in [-0.3, -0.25) is 4.79 Å². The number of para-hydroxylation sites is 1. The SMILES string of the molecule is CC(C)Oc1ccccc1CNC(=O)C1CCN(S(=O)(=O)c2ccc(Cl)cc2)CC1. The van der Waals surface area contributed by atoms with Crippen molar-refractivity contribution < 1.29 is 17.9 Å². The van der Waals surface area contributed by atoms with Gasteiger partial charge in [0.15, 0.2) is 0 Å². The Morgan fingerprint density at radius 1 is 1.13 bits per heavy atom. The second kappa shape index (κ2) is 9.81. The summed E-state index contributed by atoms with van der Waals surface area (Å²) in [7, 11) is -3.57. The maximum Gasteiger partial charge on any atom is 0.243 e. The van der Waals surface area contributed by atoms with Gasteiger partial charge in [-0.1, -0.05) is 29.8 Å². The number of sulfonamides is 1. The monoisotopic (exact) mass is 450 g/mol. The Labute approximate surface area is 183 Å². The van der Waals surface area contributed by atoms with Crippen LogP contribution in [0.25, 0.3) is 0 Å². The van der Waals surface area contributed by atoms with E-state index in [0.29, 0.717) is 37.5 Å². The lowest BCUT2D eigenvalue weighted by Crippen LogP contribution is -2.42. The van der Waals surface area contributed by atoms with Gasteiger partial charge in [-0.05, 0) is 57.0 Å². The lowest BCUT2D eigenvalue weighted by atomic mass is 9.97. The second-order valence-corrected chi connectivity index (χ2v) is 10.00. The molecule has 162 valence electrons. The van der Waals surface area contributed by atoms with Crippen LogP contribution in [0.5, 0.6) is 5.75 Å². The molecule has 30 heavy (non-hydrogen) atoms. The van der Waals surface area contributed by atoms with Crippen molar-refractivity contribution in [2.45, 2.75) is 44.2 Å². The number of carbonyl (C=O) groups is 1. The third kappa shape index (κ3) is 5.53. The number of nitrogens with one attached hydrogen (secondary N) is 1. The third-order valence-corrected chi connectivity index (χ3v) is 7.23. The van der Waals surface area contributed by atoms with Gasteiger partial charge in [0.25, 0.3) is 0 Å². The van der Waals surface area contributed by atoms with Gasteiger partial charge in [-0.15, -0.1) is 0 Å². The van der Waals surface area contributed by atoms with Crippen LogP contribution < -0.4 is 10.1 Å². The van der Waals surface area contributed by atoms with Crippen LogP contribution in [-0.2, 0) is 21.4 Å². The first-order valence-corrected chi connectivity index (χ1v) is 11.9. The number of amides is 1. The van der Waals surface area contributed by atoms with Gasteiger partial charge in [0.2, 0.25) is 15.9 Å². The number of carbonyl (C=O) groups excluding carboxylic acids is 1. The summed E-state index contributed by atoms with van der Waals surface area (Å²) in [6.07, 6.45) is 1.03. The molecule has 0 radical (unpaired) electrons. The van der Waals surface area contributed by atoms with Crippen molar-refractivity contribution in [2.75, 3.05) is 13.1 Å². The zero-order valence-corrected chi connectivity index (χ0v) is 18.7. The summed E-state index contributed by atoms with van der Waals surface area (Å²) in [6.45, 7) is 4.93. The van der Waals surface area contributed by atoms with Crippen LogP contribution in [0.15, 0.2) is 53.4 Å². The summed E-state index contributed by atoms with van der Waals surface area (Å²) in [6, 6.07) is 13.8. The number of rotatable bonds is 7. The van der Waals surface area contributed by atoms with Crippen molar-refractivity contribution in [1.82, 2.24) is 9.62 Å². The molecule has 2 aromatic carbocycles. The van der Waals surface area contributed by atoms with Crippen LogP contribution in [0.1, 0.15) is 32.3 Å². The highest BCUT2D eigenvalue weighted by Gasteiger charge is 2.32. The minimum absolute atomic E-state index is 0.0498. The first-order chi connectivity index (χ1) is 14.3. The average Bonchev–Trinajstić information content (AvgIpc) is 2.73. The minimum atomic E-state index is -3.57. The highest BCUT2D eigenvalue weighted by Crippen LogP contribution is 2.25. The zero-order valence-electron chi connectivity index (χ0n) is 17.2.